The molecule has 2 rings (SSSR count). The Kier molecular flexibility index (Phi) is 4.45. The lowest BCUT2D eigenvalue weighted by molar-refractivity contribution is 0.249. The van der Waals surface area contributed by atoms with E-state index >= 15 is 0 Å². The standard InChI is InChI=1S/C14H11F2N3O2/c15-10-3-6-13(12(16)7-10)21-11-4-1-9(2-5-11)8-18-19-14(17)20/h1-8H,(H3,17,19,20)/b18-8-. The molecule has 0 saturated heterocycles. The Morgan fingerprint density at radius 1 is 1.19 bits per heavy atom. The zero-order valence-corrected chi connectivity index (χ0v) is 10.7. The van der Waals surface area contributed by atoms with Gasteiger partial charge in [0.15, 0.2) is 11.6 Å². The fraction of sp³-hybridized carbons (Fsp3) is 0. The highest BCUT2D eigenvalue weighted by Crippen LogP contribution is 2.24. The summed E-state index contributed by atoms with van der Waals surface area (Å²) in [6.07, 6.45) is 1.38. The van der Waals surface area contributed by atoms with Crippen LogP contribution in [0.5, 0.6) is 11.5 Å². The zero-order valence-electron chi connectivity index (χ0n) is 10.7. The summed E-state index contributed by atoms with van der Waals surface area (Å²) in [5, 5.41) is 3.59. The topological polar surface area (TPSA) is 76.7 Å². The van der Waals surface area contributed by atoms with Crippen LogP contribution in [0.3, 0.4) is 0 Å². The van der Waals surface area contributed by atoms with Gasteiger partial charge in [-0.3, -0.25) is 0 Å². The SMILES string of the molecule is NC(=O)N/N=C\c1ccc(Oc2ccc(F)cc2F)cc1. The van der Waals surface area contributed by atoms with E-state index in [0.717, 1.165) is 12.1 Å². The molecule has 0 aliphatic heterocycles. The van der Waals surface area contributed by atoms with Crippen LogP contribution in [-0.4, -0.2) is 12.2 Å². The van der Waals surface area contributed by atoms with Crippen LogP contribution in [0, 0.1) is 11.6 Å². The summed E-state index contributed by atoms with van der Waals surface area (Å²) in [5.41, 5.74) is 7.58. The number of hydrogen-bond acceptors (Lipinski definition) is 3. The summed E-state index contributed by atoms with van der Waals surface area (Å²) in [4.78, 5) is 10.4. The van der Waals surface area contributed by atoms with Crippen molar-refractivity contribution in [2.24, 2.45) is 10.8 Å². The van der Waals surface area contributed by atoms with E-state index in [1.165, 1.54) is 12.3 Å². The third-order valence-corrected chi connectivity index (χ3v) is 2.39. The second-order valence-electron chi connectivity index (χ2n) is 3.98. The van der Waals surface area contributed by atoms with E-state index in [0.29, 0.717) is 11.3 Å². The number of benzene rings is 2. The summed E-state index contributed by atoms with van der Waals surface area (Å²) < 4.78 is 31.5. The van der Waals surface area contributed by atoms with E-state index in [-0.39, 0.29) is 5.75 Å². The van der Waals surface area contributed by atoms with Crippen molar-refractivity contribution in [3.8, 4) is 11.5 Å². The van der Waals surface area contributed by atoms with E-state index in [2.05, 4.69) is 10.5 Å². The van der Waals surface area contributed by atoms with Crippen molar-refractivity contribution in [1.82, 2.24) is 5.43 Å². The highest BCUT2D eigenvalue weighted by molar-refractivity contribution is 5.81. The first kappa shape index (κ1) is 14.4. The van der Waals surface area contributed by atoms with E-state index in [1.54, 1.807) is 24.3 Å². The van der Waals surface area contributed by atoms with Crippen molar-refractivity contribution in [2.75, 3.05) is 0 Å². The van der Waals surface area contributed by atoms with E-state index in [4.69, 9.17) is 10.5 Å². The quantitative estimate of drug-likeness (QED) is 0.671. The average Bonchev–Trinajstić information content (AvgIpc) is 2.43. The molecule has 0 aliphatic rings. The lowest BCUT2D eigenvalue weighted by Gasteiger charge is -2.06. The number of carbonyl (C=O) groups is 1. The van der Waals surface area contributed by atoms with Gasteiger partial charge in [-0.25, -0.2) is 19.0 Å². The van der Waals surface area contributed by atoms with Crippen LogP contribution < -0.4 is 15.9 Å². The molecule has 7 heteroatoms. The smallest absolute Gasteiger partial charge is 0.332 e. The summed E-state index contributed by atoms with van der Waals surface area (Å²) >= 11 is 0. The Morgan fingerprint density at radius 2 is 1.90 bits per heavy atom. The number of rotatable bonds is 4. The number of ether oxygens (including phenoxy) is 1. The molecule has 0 unspecified atom stereocenters. The molecule has 0 bridgehead atoms. The minimum Gasteiger partial charge on any atom is -0.454 e. The van der Waals surface area contributed by atoms with Crippen molar-refractivity contribution in [3.05, 3.63) is 59.7 Å². The maximum atomic E-state index is 13.4. The number of nitrogens with one attached hydrogen (secondary N) is 1. The van der Waals surface area contributed by atoms with Crippen molar-refractivity contribution in [1.29, 1.82) is 0 Å². The summed E-state index contributed by atoms with van der Waals surface area (Å²) in [6, 6.07) is 8.73. The molecule has 2 amide bonds. The van der Waals surface area contributed by atoms with Crippen LogP contribution in [0.15, 0.2) is 47.6 Å². The fourth-order valence-electron chi connectivity index (χ4n) is 1.48. The maximum absolute atomic E-state index is 13.4. The van der Waals surface area contributed by atoms with Gasteiger partial charge in [0.1, 0.15) is 11.6 Å². The average molecular weight is 291 g/mol. The van der Waals surface area contributed by atoms with Crippen molar-refractivity contribution in [3.63, 3.8) is 0 Å². The van der Waals surface area contributed by atoms with Crippen LogP contribution in [0.1, 0.15) is 5.56 Å². The molecule has 0 radical (unpaired) electrons. The minimum atomic E-state index is -0.786. The molecule has 2 aromatic rings. The number of nitrogens with zero attached hydrogens (tertiary/aromatic N) is 1. The number of halogens is 2. The lowest BCUT2D eigenvalue weighted by Crippen LogP contribution is -2.24. The molecule has 0 fully saturated rings. The van der Waals surface area contributed by atoms with Crippen molar-refractivity contribution in [2.45, 2.75) is 0 Å². The van der Waals surface area contributed by atoms with Crippen LogP contribution in [0.4, 0.5) is 13.6 Å². The van der Waals surface area contributed by atoms with Crippen molar-refractivity contribution >= 4 is 12.2 Å². The zero-order chi connectivity index (χ0) is 15.2. The molecule has 3 N–H and O–H groups in total. The van der Waals surface area contributed by atoms with E-state index < -0.39 is 17.7 Å². The Morgan fingerprint density at radius 3 is 2.52 bits per heavy atom. The van der Waals surface area contributed by atoms with Crippen LogP contribution in [0.25, 0.3) is 0 Å². The van der Waals surface area contributed by atoms with Gasteiger partial charge < -0.3 is 10.5 Å². The second kappa shape index (κ2) is 6.47. The van der Waals surface area contributed by atoms with Gasteiger partial charge in [0, 0.05) is 6.07 Å². The predicted octanol–water partition coefficient (Wildman–Crippen LogP) is 2.76. The molecule has 5 nitrogen and oxygen atoms in total. The monoisotopic (exact) mass is 291 g/mol. The highest BCUT2D eigenvalue weighted by Gasteiger charge is 2.05. The predicted molar refractivity (Wildman–Crippen MR) is 73.2 cm³/mol. The van der Waals surface area contributed by atoms with Gasteiger partial charge in [-0.2, -0.15) is 5.10 Å². The second-order valence-corrected chi connectivity index (χ2v) is 3.98. The Balaban J connectivity index is 2.05. The number of amides is 2. The third-order valence-electron chi connectivity index (χ3n) is 2.39. The fourth-order valence-corrected chi connectivity index (χ4v) is 1.48. The Labute approximate surface area is 119 Å². The maximum Gasteiger partial charge on any atom is 0.332 e. The van der Waals surface area contributed by atoms with Gasteiger partial charge in [-0.1, -0.05) is 0 Å². The molecule has 0 spiro atoms. The first-order chi connectivity index (χ1) is 10.0. The third kappa shape index (κ3) is 4.27. The van der Waals surface area contributed by atoms with E-state index in [9.17, 15) is 13.6 Å². The normalized spacial score (nSPS) is 10.6. The molecule has 0 saturated carbocycles. The molecule has 0 heterocycles. The first-order valence-electron chi connectivity index (χ1n) is 5.86. The number of primary amides is 1. The van der Waals surface area contributed by atoms with Crippen LogP contribution in [-0.2, 0) is 0 Å². The molecule has 21 heavy (non-hydrogen) atoms. The number of nitrogens with two attached hydrogens (primary N) is 1. The van der Waals surface area contributed by atoms with Gasteiger partial charge in [0.2, 0.25) is 0 Å². The van der Waals surface area contributed by atoms with Gasteiger partial charge in [0.25, 0.3) is 0 Å². The van der Waals surface area contributed by atoms with Gasteiger partial charge >= 0.3 is 6.03 Å². The number of hydrazone groups is 1. The number of urea groups is 1. The molecule has 0 aromatic heterocycles. The van der Waals surface area contributed by atoms with Gasteiger partial charge in [-0.15, -0.1) is 0 Å². The highest BCUT2D eigenvalue weighted by atomic mass is 19.1. The van der Waals surface area contributed by atoms with Crippen molar-refractivity contribution < 1.29 is 18.3 Å². The lowest BCUT2D eigenvalue weighted by atomic mass is 10.2. The Bertz CT molecular complexity index is 672. The first-order valence-corrected chi connectivity index (χ1v) is 5.86. The van der Waals surface area contributed by atoms with Crippen LogP contribution >= 0.6 is 0 Å². The molecular formula is C14H11F2N3O2. The molecular weight excluding hydrogens is 280 g/mol. The molecule has 0 aliphatic carbocycles. The minimum absolute atomic E-state index is 0.0757. The summed E-state index contributed by atoms with van der Waals surface area (Å²) in [7, 11) is 0. The molecule has 0 atom stereocenters. The van der Waals surface area contributed by atoms with Gasteiger partial charge in [-0.05, 0) is 42.0 Å². The molecule has 108 valence electrons. The van der Waals surface area contributed by atoms with E-state index in [1.807, 2.05) is 0 Å². The Hall–Kier alpha value is -2.96. The van der Waals surface area contributed by atoms with Gasteiger partial charge in [0.05, 0.1) is 6.21 Å². The number of hydrogen-bond donors (Lipinski definition) is 2. The van der Waals surface area contributed by atoms with Crippen LogP contribution in [0.2, 0.25) is 0 Å². The molecule has 2 aromatic carbocycles. The largest absolute Gasteiger partial charge is 0.454 e. The number of carbonyl (C=O) groups excluding carboxylic acids is 1. The summed E-state index contributed by atoms with van der Waals surface area (Å²) in [6.45, 7) is 0. The summed E-state index contributed by atoms with van der Waals surface area (Å²) in [5.74, 6) is -1.16.